The SMILES string of the molecule is COc1ccc(NC(=O)/C(C#N)=C/c2cc(Cl)c(OCC(=O)Nc3ccccc3)c(OC)c2)cc1. The highest BCUT2D eigenvalue weighted by molar-refractivity contribution is 6.32. The number of amides is 2. The quantitative estimate of drug-likeness (QED) is 0.325. The molecule has 0 aliphatic carbocycles. The number of nitriles is 1. The van der Waals surface area contributed by atoms with E-state index in [-0.39, 0.29) is 34.6 Å². The van der Waals surface area contributed by atoms with Crippen LogP contribution in [0.25, 0.3) is 6.08 Å². The van der Waals surface area contributed by atoms with Gasteiger partial charge in [-0.25, -0.2) is 0 Å². The van der Waals surface area contributed by atoms with E-state index in [1.807, 2.05) is 12.1 Å². The number of para-hydroxylation sites is 1. The molecule has 0 atom stereocenters. The zero-order chi connectivity index (χ0) is 25.2. The Morgan fingerprint density at radius 2 is 1.66 bits per heavy atom. The lowest BCUT2D eigenvalue weighted by molar-refractivity contribution is -0.118. The first-order valence-electron chi connectivity index (χ1n) is 10.4. The molecule has 0 saturated carbocycles. The van der Waals surface area contributed by atoms with Gasteiger partial charge in [0.1, 0.15) is 17.4 Å². The third-order valence-corrected chi connectivity index (χ3v) is 4.96. The van der Waals surface area contributed by atoms with E-state index in [1.165, 1.54) is 19.3 Å². The molecule has 0 saturated heterocycles. The summed E-state index contributed by atoms with van der Waals surface area (Å²) in [6.45, 7) is -0.298. The highest BCUT2D eigenvalue weighted by atomic mass is 35.5. The molecule has 2 N–H and O–H groups in total. The summed E-state index contributed by atoms with van der Waals surface area (Å²) in [5.41, 5.74) is 1.44. The molecule has 3 aromatic rings. The molecule has 3 rings (SSSR count). The topological polar surface area (TPSA) is 110 Å². The molecule has 0 fully saturated rings. The van der Waals surface area contributed by atoms with Crippen LogP contribution in [-0.4, -0.2) is 32.6 Å². The minimum Gasteiger partial charge on any atom is -0.497 e. The van der Waals surface area contributed by atoms with Crippen LogP contribution in [0, 0.1) is 11.3 Å². The summed E-state index contributed by atoms with van der Waals surface area (Å²) in [7, 11) is 2.96. The number of methoxy groups -OCH3 is 2. The lowest BCUT2D eigenvalue weighted by Crippen LogP contribution is -2.20. The molecule has 0 unspecified atom stereocenters. The van der Waals surface area contributed by atoms with Crippen LogP contribution in [0.4, 0.5) is 11.4 Å². The number of hydrogen-bond acceptors (Lipinski definition) is 6. The van der Waals surface area contributed by atoms with Crippen LogP contribution in [-0.2, 0) is 9.59 Å². The molecule has 35 heavy (non-hydrogen) atoms. The fourth-order valence-electron chi connectivity index (χ4n) is 3.01. The second kappa shape index (κ2) is 12.1. The molecule has 9 heteroatoms. The van der Waals surface area contributed by atoms with Gasteiger partial charge in [-0.1, -0.05) is 29.8 Å². The Bertz CT molecular complexity index is 1270. The van der Waals surface area contributed by atoms with Crippen LogP contribution in [0.15, 0.2) is 72.3 Å². The number of carbonyl (C=O) groups is 2. The predicted octanol–water partition coefficient (Wildman–Crippen LogP) is 4.92. The van der Waals surface area contributed by atoms with Gasteiger partial charge in [-0.3, -0.25) is 9.59 Å². The molecule has 0 radical (unpaired) electrons. The third-order valence-electron chi connectivity index (χ3n) is 4.68. The van der Waals surface area contributed by atoms with Crippen LogP contribution in [0.2, 0.25) is 5.02 Å². The number of rotatable bonds is 9. The van der Waals surface area contributed by atoms with Gasteiger partial charge in [0.25, 0.3) is 11.8 Å². The molecule has 0 heterocycles. The van der Waals surface area contributed by atoms with Gasteiger partial charge in [-0.15, -0.1) is 0 Å². The Morgan fingerprint density at radius 1 is 0.971 bits per heavy atom. The van der Waals surface area contributed by atoms with E-state index in [1.54, 1.807) is 61.7 Å². The first-order valence-corrected chi connectivity index (χ1v) is 10.7. The van der Waals surface area contributed by atoms with Gasteiger partial charge in [0.15, 0.2) is 18.1 Å². The van der Waals surface area contributed by atoms with E-state index in [2.05, 4.69) is 10.6 Å². The summed E-state index contributed by atoms with van der Waals surface area (Å²) >= 11 is 6.36. The Kier molecular flexibility index (Phi) is 8.70. The average molecular weight is 492 g/mol. The smallest absolute Gasteiger partial charge is 0.266 e. The van der Waals surface area contributed by atoms with Crippen LogP contribution >= 0.6 is 11.6 Å². The van der Waals surface area contributed by atoms with Gasteiger partial charge in [0, 0.05) is 11.4 Å². The summed E-state index contributed by atoms with van der Waals surface area (Å²) in [5, 5.41) is 15.0. The van der Waals surface area contributed by atoms with E-state index in [0.717, 1.165) is 0 Å². The van der Waals surface area contributed by atoms with Gasteiger partial charge < -0.3 is 24.8 Å². The maximum Gasteiger partial charge on any atom is 0.266 e. The standard InChI is InChI=1S/C26H22ClN3O5/c1-33-21-10-8-20(9-11-21)30-26(32)18(15-28)12-17-13-22(27)25(23(14-17)34-2)35-16-24(31)29-19-6-4-3-5-7-19/h3-14H,16H2,1-2H3,(H,29,31)(H,30,32)/b18-12+. The molecular formula is C26H22ClN3O5. The van der Waals surface area contributed by atoms with Crippen LogP contribution in [0.5, 0.6) is 17.2 Å². The Morgan fingerprint density at radius 3 is 2.29 bits per heavy atom. The molecule has 0 bridgehead atoms. The van der Waals surface area contributed by atoms with E-state index in [4.69, 9.17) is 25.8 Å². The fourth-order valence-corrected chi connectivity index (χ4v) is 3.28. The monoisotopic (exact) mass is 491 g/mol. The van der Waals surface area contributed by atoms with Crippen molar-refractivity contribution in [1.82, 2.24) is 0 Å². The van der Waals surface area contributed by atoms with Crippen LogP contribution in [0.3, 0.4) is 0 Å². The minimum atomic E-state index is -0.592. The molecule has 178 valence electrons. The van der Waals surface area contributed by atoms with Crippen molar-refractivity contribution < 1.29 is 23.8 Å². The molecule has 2 amide bonds. The lowest BCUT2D eigenvalue weighted by Gasteiger charge is -2.13. The molecule has 3 aromatic carbocycles. The fraction of sp³-hybridized carbons (Fsp3) is 0.115. The second-order valence-corrected chi connectivity index (χ2v) is 7.50. The molecule has 0 aliphatic rings. The number of hydrogen-bond donors (Lipinski definition) is 2. The van der Waals surface area contributed by atoms with Crippen molar-refractivity contribution >= 4 is 40.9 Å². The van der Waals surface area contributed by atoms with Crippen molar-refractivity contribution in [2.45, 2.75) is 0 Å². The first-order chi connectivity index (χ1) is 16.9. The zero-order valence-corrected chi connectivity index (χ0v) is 19.8. The number of nitrogens with zero attached hydrogens (tertiary/aromatic N) is 1. The first kappa shape index (κ1) is 25.1. The Balaban J connectivity index is 1.73. The maximum absolute atomic E-state index is 12.6. The molecule has 0 aliphatic heterocycles. The second-order valence-electron chi connectivity index (χ2n) is 7.09. The number of anilines is 2. The largest absolute Gasteiger partial charge is 0.497 e. The number of nitrogens with one attached hydrogen (secondary N) is 2. The van der Waals surface area contributed by atoms with Crippen LogP contribution in [0.1, 0.15) is 5.56 Å². The van der Waals surface area contributed by atoms with Gasteiger partial charge >= 0.3 is 0 Å². The van der Waals surface area contributed by atoms with Crippen molar-refractivity contribution in [2.75, 3.05) is 31.5 Å². The van der Waals surface area contributed by atoms with Gasteiger partial charge in [-0.2, -0.15) is 5.26 Å². The molecular weight excluding hydrogens is 470 g/mol. The number of carbonyl (C=O) groups excluding carboxylic acids is 2. The average Bonchev–Trinajstić information content (AvgIpc) is 2.87. The molecule has 0 spiro atoms. The van der Waals surface area contributed by atoms with Gasteiger partial charge in [0.2, 0.25) is 0 Å². The Labute approximate surface area is 207 Å². The summed E-state index contributed by atoms with van der Waals surface area (Å²) in [5.74, 6) is 0.0754. The van der Waals surface area contributed by atoms with Crippen molar-refractivity contribution in [3.8, 4) is 23.3 Å². The maximum atomic E-state index is 12.6. The number of halogens is 1. The molecule has 0 aromatic heterocycles. The van der Waals surface area contributed by atoms with Crippen LogP contribution < -0.4 is 24.8 Å². The van der Waals surface area contributed by atoms with E-state index >= 15 is 0 Å². The van der Waals surface area contributed by atoms with E-state index < -0.39 is 5.91 Å². The van der Waals surface area contributed by atoms with Crippen molar-refractivity contribution in [2.24, 2.45) is 0 Å². The van der Waals surface area contributed by atoms with Crippen molar-refractivity contribution in [3.05, 3.63) is 82.9 Å². The molecule has 8 nitrogen and oxygen atoms in total. The summed E-state index contributed by atoms with van der Waals surface area (Å²) in [6.07, 6.45) is 1.37. The van der Waals surface area contributed by atoms with E-state index in [0.29, 0.717) is 22.7 Å². The number of benzene rings is 3. The van der Waals surface area contributed by atoms with E-state index in [9.17, 15) is 14.9 Å². The third kappa shape index (κ3) is 7.00. The van der Waals surface area contributed by atoms with Crippen molar-refractivity contribution in [3.63, 3.8) is 0 Å². The summed E-state index contributed by atoms with van der Waals surface area (Å²) in [6, 6.07) is 20.6. The van der Waals surface area contributed by atoms with Gasteiger partial charge in [0.05, 0.1) is 19.2 Å². The highest BCUT2D eigenvalue weighted by Gasteiger charge is 2.16. The van der Waals surface area contributed by atoms with Gasteiger partial charge in [-0.05, 0) is 60.2 Å². The summed E-state index contributed by atoms with van der Waals surface area (Å²) in [4.78, 5) is 24.8. The number of ether oxygens (including phenoxy) is 3. The van der Waals surface area contributed by atoms with Crippen molar-refractivity contribution in [1.29, 1.82) is 5.26 Å². The highest BCUT2D eigenvalue weighted by Crippen LogP contribution is 2.37. The predicted molar refractivity (Wildman–Crippen MR) is 134 cm³/mol. The zero-order valence-electron chi connectivity index (χ0n) is 19.0. The summed E-state index contributed by atoms with van der Waals surface area (Å²) < 4.78 is 16.0. The Hall–Kier alpha value is -4.48. The minimum absolute atomic E-state index is 0.144. The lowest BCUT2D eigenvalue weighted by atomic mass is 10.1. The normalized spacial score (nSPS) is 10.6.